The summed E-state index contributed by atoms with van der Waals surface area (Å²) in [5, 5.41) is 2.69. The van der Waals surface area contributed by atoms with Crippen molar-refractivity contribution in [2.24, 2.45) is 0 Å². The third-order valence-corrected chi connectivity index (χ3v) is 3.24. The first kappa shape index (κ1) is 17.0. The third kappa shape index (κ3) is 4.79. The normalized spacial score (nSPS) is 12.2. The van der Waals surface area contributed by atoms with Crippen LogP contribution in [0.2, 0.25) is 0 Å². The zero-order valence-corrected chi connectivity index (χ0v) is 12.9. The minimum Gasteiger partial charge on any atom is -0.481 e. The van der Waals surface area contributed by atoms with E-state index in [1.54, 1.807) is 12.3 Å². The van der Waals surface area contributed by atoms with Crippen LogP contribution in [-0.2, 0) is 4.79 Å². The van der Waals surface area contributed by atoms with E-state index in [9.17, 15) is 13.6 Å². The van der Waals surface area contributed by atoms with E-state index in [0.29, 0.717) is 12.6 Å². The maximum Gasteiger partial charge on any atom is 0.258 e. The quantitative estimate of drug-likeness (QED) is 0.849. The average Bonchev–Trinajstić information content (AvgIpc) is 3.00. The maximum atomic E-state index is 13.4. The first-order chi connectivity index (χ1) is 11.0. The van der Waals surface area contributed by atoms with Gasteiger partial charge < -0.3 is 14.5 Å². The van der Waals surface area contributed by atoms with Crippen LogP contribution < -0.4 is 10.1 Å². The summed E-state index contributed by atoms with van der Waals surface area (Å²) in [4.78, 5) is 13.7. The summed E-state index contributed by atoms with van der Waals surface area (Å²) in [6.45, 7) is -0.0462. The summed E-state index contributed by atoms with van der Waals surface area (Å²) in [6, 6.07) is 6.37. The molecule has 0 saturated carbocycles. The Morgan fingerprint density at radius 1 is 1.35 bits per heavy atom. The number of hydrogen-bond donors (Lipinski definition) is 1. The van der Waals surface area contributed by atoms with Crippen LogP contribution >= 0.6 is 0 Å². The molecular weight excluding hydrogens is 306 g/mol. The fraction of sp³-hybridized carbons (Fsp3) is 0.312. The van der Waals surface area contributed by atoms with Crippen molar-refractivity contribution in [3.05, 3.63) is 54.0 Å². The number of likely N-dealkylation sites (N-methyl/N-ethyl adjacent to an activating group) is 1. The van der Waals surface area contributed by atoms with Gasteiger partial charge in [0.05, 0.1) is 12.3 Å². The van der Waals surface area contributed by atoms with Crippen molar-refractivity contribution in [1.29, 1.82) is 0 Å². The van der Waals surface area contributed by atoms with E-state index in [1.165, 1.54) is 0 Å². The highest BCUT2D eigenvalue weighted by molar-refractivity contribution is 5.77. The van der Waals surface area contributed by atoms with Gasteiger partial charge in [0.15, 0.2) is 18.2 Å². The summed E-state index contributed by atoms with van der Waals surface area (Å²) in [7, 11) is 3.73. The lowest BCUT2D eigenvalue weighted by molar-refractivity contribution is -0.123. The van der Waals surface area contributed by atoms with Gasteiger partial charge in [-0.3, -0.25) is 9.69 Å². The van der Waals surface area contributed by atoms with Crippen molar-refractivity contribution in [2.75, 3.05) is 27.2 Å². The number of halogens is 2. The van der Waals surface area contributed by atoms with Gasteiger partial charge in [0.2, 0.25) is 0 Å². The Morgan fingerprint density at radius 2 is 2.13 bits per heavy atom. The monoisotopic (exact) mass is 324 g/mol. The number of carbonyl (C=O) groups excluding carboxylic acids is 1. The minimum atomic E-state index is -0.848. The number of nitrogens with one attached hydrogen (secondary N) is 1. The molecule has 1 heterocycles. The zero-order valence-electron chi connectivity index (χ0n) is 12.9. The second-order valence-electron chi connectivity index (χ2n) is 5.16. The van der Waals surface area contributed by atoms with E-state index in [1.807, 2.05) is 25.1 Å². The summed E-state index contributed by atoms with van der Waals surface area (Å²) in [5.74, 6) is -1.41. The van der Waals surface area contributed by atoms with Gasteiger partial charge in [-0.05, 0) is 38.4 Å². The molecule has 0 aliphatic heterocycles. The van der Waals surface area contributed by atoms with E-state index < -0.39 is 17.5 Å². The molecule has 1 aromatic carbocycles. The molecule has 1 amide bonds. The number of carbonyl (C=O) groups is 1. The molecule has 0 aliphatic rings. The molecule has 2 rings (SSSR count). The van der Waals surface area contributed by atoms with E-state index in [0.717, 1.165) is 17.9 Å². The highest BCUT2D eigenvalue weighted by Crippen LogP contribution is 2.18. The Hall–Kier alpha value is -2.41. The van der Waals surface area contributed by atoms with Crippen LogP contribution in [0, 0.1) is 11.6 Å². The standard InChI is InChI=1S/C16H18F2N2O3/c1-20(2)13(15-4-3-7-22-15)9-19-16(21)10-23-14-6-5-11(17)8-12(14)18/h3-8,13H,9-10H2,1-2H3,(H,19,21)/t13-/m0/s1. The van der Waals surface area contributed by atoms with Gasteiger partial charge in [-0.25, -0.2) is 8.78 Å². The first-order valence-electron chi connectivity index (χ1n) is 7.01. The van der Waals surface area contributed by atoms with Gasteiger partial charge in [0.25, 0.3) is 5.91 Å². The minimum absolute atomic E-state index is 0.128. The van der Waals surface area contributed by atoms with Gasteiger partial charge in [0.1, 0.15) is 11.6 Å². The molecule has 1 atom stereocenters. The number of benzene rings is 1. The Labute approximate surface area is 132 Å². The van der Waals surface area contributed by atoms with E-state index in [-0.39, 0.29) is 18.4 Å². The molecule has 0 bridgehead atoms. The summed E-state index contributed by atoms with van der Waals surface area (Å²) in [6.07, 6.45) is 1.56. The predicted molar refractivity (Wildman–Crippen MR) is 80.0 cm³/mol. The molecule has 124 valence electrons. The molecule has 0 saturated heterocycles. The SMILES string of the molecule is CN(C)[C@@H](CNC(=O)COc1ccc(F)cc1F)c1ccco1. The molecule has 0 radical (unpaired) electrons. The Kier molecular flexibility index (Phi) is 5.70. The number of furan rings is 1. The van der Waals surface area contributed by atoms with Crippen molar-refractivity contribution < 1.29 is 22.7 Å². The fourth-order valence-corrected chi connectivity index (χ4v) is 2.02. The van der Waals surface area contributed by atoms with Crippen LogP contribution in [0.15, 0.2) is 41.0 Å². The molecule has 5 nitrogen and oxygen atoms in total. The molecule has 0 unspecified atom stereocenters. The van der Waals surface area contributed by atoms with Gasteiger partial charge in [-0.15, -0.1) is 0 Å². The Balaban J connectivity index is 1.84. The largest absolute Gasteiger partial charge is 0.481 e. The van der Waals surface area contributed by atoms with Gasteiger partial charge in [0, 0.05) is 12.6 Å². The number of nitrogens with zero attached hydrogens (tertiary/aromatic N) is 1. The van der Waals surface area contributed by atoms with Crippen LogP contribution in [0.1, 0.15) is 11.8 Å². The summed E-state index contributed by atoms with van der Waals surface area (Å²) >= 11 is 0. The molecular formula is C16H18F2N2O3. The van der Waals surface area contributed by atoms with Crippen LogP contribution in [0.5, 0.6) is 5.75 Å². The number of ether oxygens (including phenoxy) is 1. The number of amides is 1. The summed E-state index contributed by atoms with van der Waals surface area (Å²) in [5.41, 5.74) is 0. The van der Waals surface area contributed by atoms with Crippen molar-refractivity contribution in [1.82, 2.24) is 10.2 Å². The molecule has 0 aliphatic carbocycles. The van der Waals surface area contributed by atoms with E-state index in [4.69, 9.17) is 9.15 Å². The molecule has 23 heavy (non-hydrogen) atoms. The zero-order chi connectivity index (χ0) is 16.8. The van der Waals surface area contributed by atoms with Crippen molar-refractivity contribution in [3.63, 3.8) is 0 Å². The lowest BCUT2D eigenvalue weighted by Gasteiger charge is -2.22. The second kappa shape index (κ2) is 7.73. The molecule has 1 N–H and O–H groups in total. The van der Waals surface area contributed by atoms with Crippen molar-refractivity contribution in [2.45, 2.75) is 6.04 Å². The molecule has 2 aromatic rings. The van der Waals surface area contributed by atoms with Crippen LogP contribution in [0.3, 0.4) is 0 Å². The highest BCUT2D eigenvalue weighted by atomic mass is 19.1. The smallest absolute Gasteiger partial charge is 0.258 e. The number of rotatable bonds is 7. The number of hydrogen-bond acceptors (Lipinski definition) is 4. The van der Waals surface area contributed by atoms with Crippen LogP contribution in [-0.4, -0.2) is 38.1 Å². The Morgan fingerprint density at radius 3 is 2.74 bits per heavy atom. The van der Waals surface area contributed by atoms with Gasteiger partial charge in [-0.2, -0.15) is 0 Å². The topological polar surface area (TPSA) is 54.7 Å². The van der Waals surface area contributed by atoms with Crippen molar-refractivity contribution in [3.8, 4) is 5.75 Å². The van der Waals surface area contributed by atoms with Crippen LogP contribution in [0.4, 0.5) is 8.78 Å². The molecule has 7 heteroatoms. The predicted octanol–water partition coefficient (Wildman–Crippen LogP) is 2.36. The lowest BCUT2D eigenvalue weighted by Crippen LogP contribution is -2.36. The highest BCUT2D eigenvalue weighted by Gasteiger charge is 2.18. The third-order valence-electron chi connectivity index (χ3n) is 3.24. The first-order valence-corrected chi connectivity index (χ1v) is 7.01. The summed E-state index contributed by atoms with van der Waals surface area (Å²) < 4.78 is 36.6. The van der Waals surface area contributed by atoms with Crippen LogP contribution in [0.25, 0.3) is 0 Å². The fourth-order valence-electron chi connectivity index (χ4n) is 2.02. The van der Waals surface area contributed by atoms with E-state index >= 15 is 0 Å². The molecule has 0 fully saturated rings. The van der Waals surface area contributed by atoms with Gasteiger partial charge >= 0.3 is 0 Å². The van der Waals surface area contributed by atoms with Gasteiger partial charge in [-0.1, -0.05) is 0 Å². The van der Waals surface area contributed by atoms with Crippen molar-refractivity contribution >= 4 is 5.91 Å². The molecule has 0 spiro atoms. The molecule has 1 aromatic heterocycles. The Bertz CT molecular complexity index is 645. The lowest BCUT2D eigenvalue weighted by atomic mass is 10.2. The average molecular weight is 324 g/mol. The maximum absolute atomic E-state index is 13.4. The second-order valence-corrected chi connectivity index (χ2v) is 5.16. The van der Waals surface area contributed by atoms with E-state index in [2.05, 4.69) is 5.32 Å².